The van der Waals surface area contributed by atoms with Crippen molar-refractivity contribution in [1.29, 1.82) is 0 Å². The number of pyridine rings is 1. The number of nitrogens with one attached hydrogen (secondary N) is 2. The summed E-state index contributed by atoms with van der Waals surface area (Å²) in [5, 5.41) is 2.58. The van der Waals surface area contributed by atoms with Crippen LogP contribution >= 0.6 is 0 Å². The maximum Gasteiger partial charge on any atom is 0.338 e. The van der Waals surface area contributed by atoms with Gasteiger partial charge in [0, 0.05) is 29.2 Å². The van der Waals surface area contributed by atoms with E-state index in [0.717, 1.165) is 5.56 Å². The molecule has 0 radical (unpaired) electrons. The van der Waals surface area contributed by atoms with E-state index >= 15 is 0 Å². The number of carbonyl (C=O) groups is 3. The summed E-state index contributed by atoms with van der Waals surface area (Å²) in [5.41, 5.74) is 8.40. The highest BCUT2D eigenvalue weighted by molar-refractivity contribution is 5.98. The second kappa shape index (κ2) is 8.46. The Balaban J connectivity index is 1.38. The number of imidazole rings is 1. The van der Waals surface area contributed by atoms with E-state index in [2.05, 4.69) is 20.3 Å². The Morgan fingerprint density at radius 1 is 1.03 bits per heavy atom. The second-order valence-electron chi connectivity index (χ2n) is 6.62. The topological polar surface area (TPSA) is 140 Å². The number of H-pyrrole nitrogens is 1. The largest absolute Gasteiger partial charge is 0.452 e. The number of nitrogens with zero attached hydrogens (tertiary/aromatic N) is 2. The molecule has 154 valence electrons. The van der Waals surface area contributed by atoms with Crippen molar-refractivity contribution < 1.29 is 19.1 Å². The van der Waals surface area contributed by atoms with Crippen molar-refractivity contribution >= 4 is 34.5 Å². The molecule has 0 aliphatic heterocycles. The number of primary amides is 1. The maximum absolute atomic E-state index is 12.3. The number of benzene rings is 2. The standard InChI is InChI=1S/C22H17N5O4/c23-20(29)13-3-6-16(7-4-13)25-19(28)12-31-22(30)14-5-8-17-18(10-14)27-21(26-17)15-2-1-9-24-11-15/h1-11H,12H2,(H2,23,29)(H,25,28)(H,26,27). The zero-order chi connectivity index (χ0) is 21.8. The van der Waals surface area contributed by atoms with Gasteiger partial charge in [0.15, 0.2) is 6.61 Å². The van der Waals surface area contributed by atoms with Crippen molar-refractivity contribution in [2.75, 3.05) is 11.9 Å². The molecule has 9 heteroatoms. The van der Waals surface area contributed by atoms with Crippen LogP contribution < -0.4 is 11.1 Å². The van der Waals surface area contributed by atoms with E-state index in [0.29, 0.717) is 28.1 Å². The Labute approximate surface area is 176 Å². The molecule has 0 spiro atoms. The lowest BCUT2D eigenvalue weighted by Crippen LogP contribution is -2.21. The van der Waals surface area contributed by atoms with Crippen molar-refractivity contribution in [1.82, 2.24) is 15.0 Å². The van der Waals surface area contributed by atoms with Gasteiger partial charge >= 0.3 is 5.97 Å². The highest BCUT2D eigenvalue weighted by atomic mass is 16.5. The molecule has 0 aliphatic carbocycles. The normalized spacial score (nSPS) is 10.6. The first kappa shape index (κ1) is 19.8. The van der Waals surface area contributed by atoms with Gasteiger partial charge < -0.3 is 20.8 Å². The molecule has 0 atom stereocenters. The van der Waals surface area contributed by atoms with E-state index in [1.54, 1.807) is 30.6 Å². The van der Waals surface area contributed by atoms with E-state index in [9.17, 15) is 14.4 Å². The van der Waals surface area contributed by atoms with Crippen LogP contribution in [-0.4, -0.2) is 39.3 Å². The smallest absolute Gasteiger partial charge is 0.338 e. The monoisotopic (exact) mass is 415 g/mol. The molecular formula is C22H17N5O4. The molecule has 2 amide bonds. The molecule has 0 unspecified atom stereocenters. The Kier molecular flexibility index (Phi) is 5.39. The lowest BCUT2D eigenvalue weighted by Gasteiger charge is -2.07. The van der Waals surface area contributed by atoms with Crippen molar-refractivity contribution in [2.45, 2.75) is 0 Å². The molecule has 9 nitrogen and oxygen atoms in total. The number of carbonyl (C=O) groups excluding carboxylic acids is 3. The second-order valence-corrected chi connectivity index (χ2v) is 6.62. The van der Waals surface area contributed by atoms with Crippen LogP contribution in [0.5, 0.6) is 0 Å². The molecule has 31 heavy (non-hydrogen) atoms. The van der Waals surface area contributed by atoms with Gasteiger partial charge in [0.05, 0.1) is 16.6 Å². The third-order valence-electron chi connectivity index (χ3n) is 4.44. The van der Waals surface area contributed by atoms with Crippen LogP contribution in [0.1, 0.15) is 20.7 Å². The van der Waals surface area contributed by atoms with E-state index < -0.39 is 24.4 Å². The van der Waals surface area contributed by atoms with Gasteiger partial charge in [-0.25, -0.2) is 9.78 Å². The van der Waals surface area contributed by atoms with Crippen LogP contribution in [0.4, 0.5) is 5.69 Å². The average molecular weight is 415 g/mol. The fraction of sp³-hybridized carbons (Fsp3) is 0.0455. The summed E-state index contributed by atoms with van der Waals surface area (Å²) in [5.74, 6) is -1.08. The fourth-order valence-corrected chi connectivity index (χ4v) is 2.91. The zero-order valence-electron chi connectivity index (χ0n) is 16.2. The van der Waals surface area contributed by atoms with Gasteiger partial charge in [-0.1, -0.05) is 0 Å². The average Bonchev–Trinajstić information content (AvgIpc) is 3.22. The summed E-state index contributed by atoms with van der Waals surface area (Å²) >= 11 is 0. The number of ether oxygens (including phenoxy) is 1. The number of anilines is 1. The van der Waals surface area contributed by atoms with Crippen molar-refractivity contribution in [2.24, 2.45) is 5.73 Å². The lowest BCUT2D eigenvalue weighted by molar-refractivity contribution is -0.119. The van der Waals surface area contributed by atoms with Gasteiger partial charge in [0.2, 0.25) is 5.91 Å². The number of aromatic amines is 1. The minimum Gasteiger partial charge on any atom is -0.452 e. The number of hydrogen-bond donors (Lipinski definition) is 3. The van der Waals surface area contributed by atoms with Crippen LogP contribution in [0.3, 0.4) is 0 Å². The SMILES string of the molecule is NC(=O)c1ccc(NC(=O)COC(=O)c2ccc3nc(-c4cccnc4)[nH]c3c2)cc1. The van der Waals surface area contributed by atoms with Gasteiger partial charge in [0.25, 0.3) is 5.91 Å². The van der Waals surface area contributed by atoms with Crippen LogP contribution in [0, 0.1) is 0 Å². The first-order valence-corrected chi connectivity index (χ1v) is 9.26. The van der Waals surface area contributed by atoms with Crippen molar-refractivity contribution in [3.63, 3.8) is 0 Å². The van der Waals surface area contributed by atoms with Crippen LogP contribution in [0.2, 0.25) is 0 Å². The summed E-state index contributed by atoms with van der Waals surface area (Å²) < 4.78 is 5.10. The number of fused-ring (bicyclic) bond motifs is 1. The van der Waals surface area contributed by atoms with E-state index in [1.165, 1.54) is 24.3 Å². The summed E-state index contributed by atoms with van der Waals surface area (Å²) in [6.45, 7) is -0.460. The van der Waals surface area contributed by atoms with Crippen molar-refractivity contribution in [3.8, 4) is 11.4 Å². The molecule has 0 fully saturated rings. The number of esters is 1. The molecule has 2 aromatic carbocycles. The quantitative estimate of drug-likeness (QED) is 0.413. The third kappa shape index (κ3) is 4.56. The van der Waals surface area contributed by atoms with Crippen molar-refractivity contribution in [3.05, 3.63) is 78.1 Å². The summed E-state index contributed by atoms with van der Waals surface area (Å²) in [6, 6.07) is 14.6. The van der Waals surface area contributed by atoms with E-state index in [-0.39, 0.29) is 5.56 Å². The molecule has 0 bridgehead atoms. The molecule has 2 aromatic heterocycles. The van der Waals surface area contributed by atoms with Crippen LogP contribution in [0.15, 0.2) is 67.0 Å². The molecule has 2 heterocycles. The van der Waals surface area contributed by atoms with Gasteiger partial charge in [0.1, 0.15) is 5.82 Å². The Hall–Kier alpha value is -4.53. The maximum atomic E-state index is 12.3. The Bertz CT molecular complexity index is 1270. The first-order valence-electron chi connectivity index (χ1n) is 9.26. The Morgan fingerprint density at radius 2 is 1.81 bits per heavy atom. The summed E-state index contributed by atoms with van der Waals surface area (Å²) in [7, 11) is 0. The van der Waals surface area contributed by atoms with Gasteiger partial charge in [-0.05, 0) is 54.6 Å². The van der Waals surface area contributed by atoms with Gasteiger partial charge in [-0.3, -0.25) is 14.6 Å². The molecule has 4 N–H and O–H groups in total. The minimum atomic E-state index is -0.640. The highest BCUT2D eigenvalue weighted by Gasteiger charge is 2.13. The summed E-state index contributed by atoms with van der Waals surface area (Å²) in [4.78, 5) is 47.1. The molecule has 4 aromatic rings. The van der Waals surface area contributed by atoms with Crippen LogP contribution in [-0.2, 0) is 9.53 Å². The third-order valence-corrected chi connectivity index (χ3v) is 4.44. The van der Waals surface area contributed by atoms with Gasteiger partial charge in [-0.2, -0.15) is 0 Å². The number of rotatable bonds is 6. The Morgan fingerprint density at radius 3 is 2.52 bits per heavy atom. The lowest BCUT2D eigenvalue weighted by atomic mass is 10.2. The number of nitrogens with two attached hydrogens (primary N) is 1. The molecule has 0 aliphatic rings. The predicted molar refractivity (Wildman–Crippen MR) is 113 cm³/mol. The first-order chi connectivity index (χ1) is 15.0. The van der Waals surface area contributed by atoms with Gasteiger partial charge in [-0.15, -0.1) is 0 Å². The number of hydrogen-bond acceptors (Lipinski definition) is 6. The number of amides is 2. The zero-order valence-corrected chi connectivity index (χ0v) is 16.2. The molecule has 0 saturated carbocycles. The van der Waals surface area contributed by atoms with E-state index in [4.69, 9.17) is 10.5 Å². The predicted octanol–water partition coefficient (Wildman–Crippen LogP) is 2.52. The van der Waals surface area contributed by atoms with Crippen LogP contribution in [0.25, 0.3) is 22.4 Å². The summed E-state index contributed by atoms with van der Waals surface area (Å²) in [6.07, 6.45) is 3.36. The highest BCUT2D eigenvalue weighted by Crippen LogP contribution is 2.21. The van der Waals surface area contributed by atoms with E-state index in [1.807, 2.05) is 12.1 Å². The molecule has 0 saturated heterocycles. The number of aromatic nitrogens is 3. The molecular weight excluding hydrogens is 398 g/mol. The molecule has 4 rings (SSSR count). The minimum absolute atomic E-state index is 0.285. The fourth-order valence-electron chi connectivity index (χ4n) is 2.91.